The minimum atomic E-state index is -0.216. The topological polar surface area (TPSA) is 51.8 Å². The maximum Gasteiger partial charge on any atom is 0.257 e. The van der Waals surface area contributed by atoms with Crippen LogP contribution in [0.15, 0.2) is 30.5 Å². The highest BCUT2D eigenvalue weighted by Gasteiger charge is 2.35. The van der Waals surface area contributed by atoms with Gasteiger partial charge in [-0.1, -0.05) is 74.4 Å². The molecule has 1 aliphatic rings. The van der Waals surface area contributed by atoms with Crippen LogP contribution >= 0.6 is 0 Å². The Morgan fingerprint density at radius 2 is 1.44 bits per heavy atom. The second kappa shape index (κ2) is 8.84. The largest absolute Gasteiger partial charge is 0.449 e. The Balaban J connectivity index is 1.84. The number of rotatable bonds is 2. The van der Waals surface area contributed by atoms with Crippen molar-refractivity contribution in [3.05, 3.63) is 58.8 Å². The third-order valence-electron chi connectivity index (χ3n) is 7.46. The average molecular weight is 524 g/mol. The smallest absolute Gasteiger partial charge is 0.257 e. The molecule has 0 fully saturated rings. The van der Waals surface area contributed by atoms with E-state index in [1.165, 1.54) is 33.0 Å². The van der Waals surface area contributed by atoms with Crippen LogP contribution in [0.5, 0.6) is 11.5 Å². The summed E-state index contributed by atoms with van der Waals surface area (Å²) in [5, 5.41) is 2.41. The van der Waals surface area contributed by atoms with Gasteiger partial charge < -0.3 is 4.74 Å². The second-order valence-electron chi connectivity index (χ2n) is 14.5. The van der Waals surface area contributed by atoms with E-state index in [0.717, 1.165) is 40.8 Å². The van der Waals surface area contributed by atoms with Gasteiger partial charge in [0.2, 0.25) is 5.75 Å². The molecule has 2 aromatic heterocycles. The normalized spacial score (nSPS) is 13.4. The Kier molecular flexibility index (Phi) is 6.17. The van der Waals surface area contributed by atoms with Crippen molar-refractivity contribution >= 4 is 10.8 Å². The number of benzene rings is 2. The minimum absolute atomic E-state index is 0.171. The molecule has 0 amide bonds. The summed E-state index contributed by atoms with van der Waals surface area (Å²) < 4.78 is 9.06. The van der Waals surface area contributed by atoms with Gasteiger partial charge >= 0.3 is 0 Å². The van der Waals surface area contributed by atoms with Crippen LogP contribution in [0.4, 0.5) is 0 Å². The number of hydrogen-bond donors (Lipinski definition) is 0. The van der Waals surface area contributed by atoms with Gasteiger partial charge in [0, 0.05) is 22.3 Å². The number of aryl methyl sites for hydroxylation is 2. The van der Waals surface area contributed by atoms with E-state index in [0.29, 0.717) is 5.82 Å². The van der Waals surface area contributed by atoms with E-state index in [4.69, 9.17) is 19.7 Å². The van der Waals surface area contributed by atoms with Gasteiger partial charge in [-0.2, -0.15) is 4.57 Å². The van der Waals surface area contributed by atoms with Gasteiger partial charge in [0.1, 0.15) is 24.4 Å². The molecule has 204 valence electrons. The number of aromatic nitrogens is 4. The lowest BCUT2D eigenvalue weighted by atomic mass is 9.85. The monoisotopic (exact) mass is 523 g/mol. The van der Waals surface area contributed by atoms with Crippen molar-refractivity contribution in [3.63, 3.8) is 0 Å². The van der Waals surface area contributed by atoms with Gasteiger partial charge in [0.15, 0.2) is 12.0 Å². The molecule has 0 saturated carbocycles. The Morgan fingerprint density at radius 3 is 2.00 bits per heavy atom. The molecule has 0 unspecified atom stereocenters. The van der Waals surface area contributed by atoms with Crippen LogP contribution in [0, 0.1) is 19.3 Å². The fraction of sp³-hybridized carbons (Fsp3) is 0.471. The first-order valence-electron chi connectivity index (χ1n) is 14.0. The molecule has 2 aromatic carbocycles. The Morgan fingerprint density at radius 1 is 0.821 bits per heavy atom. The summed E-state index contributed by atoms with van der Waals surface area (Å²) in [6.07, 6.45) is 3.07. The van der Waals surface area contributed by atoms with Crippen molar-refractivity contribution in [2.75, 3.05) is 0 Å². The van der Waals surface area contributed by atoms with E-state index in [9.17, 15) is 0 Å². The minimum Gasteiger partial charge on any atom is -0.449 e. The molecule has 0 bridgehead atoms. The summed E-state index contributed by atoms with van der Waals surface area (Å²) in [7, 11) is 2.09. The van der Waals surface area contributed by atoms with E-state index in [1.54, 1.807) is 0 Å². The highest BCUT2D eigenvalue weighted by atomic mass is 16.5. The van der Waals surface area contributed by atoms with Crippen LogP contribution in [0.2, 0.25) is 0 Å². The van der Waals surface area contributed by atoms with E-state index >= 15 is 0 Å². The van der Waals surface area contributed by atoms with Crippen LogP contribution in [0.1, 0.15) is 90.7 Å². The van der Waals surface area contributed by atoms with Crippen LogP contribution < -0.4 is 9.30 Å². The number of hydrogen-bond acceptors (Lipinski definition) is 4. The molecule has 3 heterocycles. The lowest BCUT2D eigenvalue weighted by Crippen LogP contribution is -2.32. The fourth-order valence-electron chi connectivity index (χ4n) is 5.37. The molecule has 1 aliphatic heterocycles. The first kappa shape index (κ1) is 27.2. The van der Waals surface area contributed by atoms with Gasteiger partial charge in [0.05, 0.1) is 11.1 Å². The quantitative estimate of drug-likeness (QED) is 0.219. The number of ether oxygens (including phenoxy) is 1. The maximum atomic E-state index is 6.90. The fourth-order valence-corrected chi connectivity index (χ4v) is 5.37. The highest BCUT2D eigenvalue weighted by molar-refractivity contribution is 6.05. The molecule has 0 saturated heterocycles. The maximum absolute atomic E-state index is 6.90. The van der Waals surface area contributed by atoms with Gasteiger partial charge in [0.25, 0.3) is 5.69 Å². The van der Waals surface area contributed by atoms with Crippen molar-refractivity contribution in [2.45, 2.75) is 93.4 Å². The lowest BCUT2D eigenvalue weighted by molar-refractivity contribution is -0.660. The molecule has 4 aromatic rings. The molecule has 5 heteroatoms. The zero-order valence-electron chi connectivity index (χ0n) is 25.8. The second-order valence-corrected chi connectivity index (χ2v) is 14.5. The summed E-state index contributed by atoms with van der Waals surface area (Å²) >= 11 is 0. The summed E-state index contributed by atoms with van der Waals surface area (Å²) in [5.41, 5.74) is 6.75. The molecular weight excluding hydrogens is 480 g/mol. The van der Waals surface area contributed by atoms with Crippen molar-refractivity contribution in [3.8, 4) is 34.1 Å². The molecule has 0 N–H and O–H groups in total. The molecule has 0 aliphatic carbocycles. The number of nitrogens with zero attached hydrogens (tertiary/aromatic N) is 4. The van der Waals surface area contributed by atoms with Crippen LogP contribution in [0.3, 0.4) is 0 Å². The van der Waals surface area contributed by atoms with Crippen LogP contribution in [-0.4, -0.2) is 15.0 Å². The molecule has 5 nitrogen and oxygen atoms in total. The van der Waals surface area contributed by atoms with Crippen molar-refractivity contribution in [2.24, 2.45) is 12.5 Å². The standard InChI is InChI=1S/C34H43N4O/c1-19-15-22-16-21(18-32(3,4)5)17-24-26(22)25(20(19)2)27-28(39-24)23(13-14-38(27)12)29-35-30(33(6,7)8)37-31(36-29)34(9,10)11/h13-17H,18H2,1-12H3/q+1. The lowest BCUT2D eigenvalue weighted by Gasteiger charge is -2.26. The molecular formula is C34H43N4O+. The molecule has 0 atom stereocenters. The molecule has 0 radical (unpaired) electrons. The molecule has 0 spiro atoms. The molecule has 39 heavy (non-hydrogen) atoms. The van der Waals surface area contributed by atoms with Crippen molar-refractivity contribution in [1.29, 1.82) is 0 Å². The summed E-state index contributed by atoms with van der Waals surface area (Å²) in [4.78, 5) is 15.0. The number of fused-ring (bicyclic) bond motifs is 2. The van der Waals surface area contributed by atoms with Gasteiger partial charge in [-0.15, -0.1) is 0 Å². The summed E-state index contributed by atoms with van der Waals surface area (Å²) in [6.45, 7) is 24.2. The third-order valence-corrected chi connectivity index (χ3v) is 7.46. The average Bonchev–Trinajstić information content (AvgIpc) is 2.79. The van der Waals surface area contributed by atoms with E-state index in [-0.39, 0.29) is 16.2 Å². The summed E-state index contributed by atoms with van der Waals surface area (Å²) in [6, 6.07) is 8.97. The van der Waals surface area contributed by atoms with Crippen molar-refractivity contribution in [1.82, 2.24) is 15.0 Å². The first-order chi connectivity index (χ1) is 17.9. The zero-order chi connectivity index (χ0) is 28.7. The van der Waals surface area contributed by atoms with Crippen LogP contribution in [0.25, 0.3) is 33.4 Å². The van der Waals surface area contributed by atoms with E-state index in [1.807, 2.05) is 0 Å². The van der Waals surface area contributed by atoms with Crippen molar-refractivity contribution < 1.29 is 9.30 Å². The molecule has 5 rings (SSSR count). The Hall–Kier alpha value is -3.34. The predicted octanol–water partition coefficient (Wildman–Crippen LogP) is 8.09. The van der Waals surface area contributed by atoms with Gasteiger partial charge in [-0.05, 0) is 53.8 Å². The third kappa shape index (κ3) is 4.92. The van der Waals surface area contributed by atoms with Crippen LogP contribution in [-0.2, 0) is 24.3 Å². The highest BCUT2D eigenvalue weighted by Crippen LogP contribution is 2.50. The van der Waals surface area contributed by atoms with E-state index < -0.39 is 0 Å². The first-order valence-corrected chi connectivity index (χ1v) is 14.0. The SMILES string of the molecule is Cc1cc2cc(CC(C)(C)C)cc3c2c(c1C)-c1c(c(-c2nc(C(C)(C)C)nc(C(C)(C)C)n2)cc[n+]1C)O3. The zero-order valence-corrected chi connectivity index (χ0v) is 25.8. The van der Waals surface area contributed by atoms with E-state index in [2.05, 4.69) is 118 Å². The Bertz CT molecular complexity index is 1600. The number of pyridine rings is 1. The van der Waals surface area contributed by atoms with Gasteiger partial charge in [-0.3, -0.25) is 0 Å². The van der Waals surface area contributed by atoms with Gasteiger partial charge in [-0.25, -0.2) is 15.0 Å². The summed E-state index contributed by atoms with van der Waals surface area (Å²) in [5.74, 6) is 3.95. The Labute approximate surface area is 233 Å². The predicted molar refractivity (Wildman–Crippen MR) is 159 cm³/mol.